The second-order valence-corrected chi connectivity index (χ2v) is 8.74. The molecule has 0 saturated carbocycles. The van der Waals surface area contributed by atoms with Crippen LogP contribution >= 0.6 is 46.4 Å². The van der Waals surface area contributed by atoms with Gasteiger partial charge in [-0.05, 0) is 48.7 Å². The molecule has 1 saturated heterocycles. The molecular formula is C21H23Cl4N3O2. The monoisotopic (exact) mass is 489 g/mol. The van der Waals surface area contributed by atoms with E-state index in [4.69, 9.17) is 51.1 Å². The van der Waals surface area contributed by atoms with Crippen LogP contribution in [0, 0.1) is 0 Å². The van der Waals surface area contributed by atoms with Gasteiger partial charge in [0.25, 0.3) is 0 Å². The number of nitrogens with one attached hydrogen (secondary N) is 2. The van der Waals surface area contributed by atoms with Crippen LogP contribution in [0.4, 0.5) is 4.79 Å². The third-order valence-electron chi connectivity index (χ3n) is 4.89. The lowest BCUT2D eigenvalue weighted by molar-refractivity contribution is 0.101. The van der Waals surface area contributed by atoms with Gasteiger partial charge in [-0.1, -0.05) is 46.4 Å². The van der Waals surface area contributed by atoms with Crippen molar-refractivity contribution in [2.75, 3.05) is 26.2 Å². The van der Waals surface area contributed by atoms with Crippen LogP contribution in [0.25, 0.3) is 0 Å². The first-order valence-corrected chi connectivity index (χ1v) is 11.2. The topological polar surface area (TPSA) is 53.6 Å². The van der Waals surface area contributed by atoms with Crippen molar-refractivity contribution in [3.8, 4) is 5.75 Å². The summed E-state index contributed by atoms with van der Waals surface area (Å²) in [6.45, 7) is 3.49. The van der Waals surface area contributed by atoms with Crippen molar-refractivity contribution in [1.29, 1.82) is 0 Å². The number of hydrogen-bond acceptors (Lipinski definition) is 3. The van der Waals surface area contributed by atoms with Crippen molar-refractivity contribution in [3.63, 3.8) is 0 Å². The number of carbonyl (C=O) groups is 1. The molecule has 0 aromatic heterocycles. The van der Waals surface area contributed by atoms with E-state index >= 15 is 0 Å². The van der Waals surface area contributed by atoms with Gasteiger partial charge in [-0.15, -0.1) is 0 Å². The lowest BCUT2D eigenvalue weighted by Crippen LogP contribution is -2.44. The molecule has 162 valence electrons. The number of hydrogen-bond donors (Lipinski definition) is 2. The van der Waals surface area contributed by atoms with Gasteiger partial charge in [0.2, 0.25) is 0 Å². The highest BCUT2D eigenvalue weighted by molar-refractivity contribution is 6.42. The molecule has 1 fully saturated rings. The zero-order valence-corrected chi connectivity index (χ0v) is 19.3. The second-order valence-electron chi connectivity index (χ2n) is 7.08. The van der Waals surface area contributed by atoms with Crippen LogP contribution < -0.4 is 15.4 Å². The lowest BCUT2D eigenvalue weighted by Gasteiger charge is -2.32. The summed E-state index contributed by atoms with van der Waals surface area (Å²) < 4.78 is 6.00. The lowest BCUT2D eigenvalue weighted by atomic mass is 10.1. The van der Waals surface area contributed by atoms with E-state index in [0.717, 1.165) is 43.8 Å². The molecule has 0 spiro atoms. The number of carbonyl (C=O) groups excluding carboxylic acids is 1. The minimum absolute atomic E-state index is 0.150. The molecule has 0 radical (unpaired) electrons. The van der Waals surface area contributed by atoms with Crippen LogP contribution in [-0.4, -0.2) is 43.2 Å². The van der Waals surface area contributed by atoms with Crippen molar-refractivity contribution in [2.45, 2.75) is 25.5 Å². The van der Waals surface area contributed by atoms with Gasteiger partial charge >= 0.3 is 6.03 Å². The second kappa shape index (κ2) is 11.3. The van der Waals surface area contributed by atoms with E-state index in [9.17, 15) is 4.79 Å². The van der Waals surface area contributed by atoms with Crippen LogP contribution in [0.5, 0.6) is 5.75 Å². The number of urea groups is 1. The number of ether oxygens (including phenoxy) is 1. The summed E-state index contributed by atoms with van der Waals surface area (Å²) in [5.74, 6) is 0.737. The standard InChI is InChI=1S/C21H23Cl4N3O2/c22-15-1-3-18(23)14(11-15)13-27-21(29)26-7-10-28-8-5-16(6-9-28)30-17-2-4-19(24)20(25)12-17/h1-4,11-12,16H,5-10,13H2,(H2,26,27,29). The molecule has 9 heteroatoms. The van der Waals surface area contributed by atoms with Crippen molar-refractivity contribution >= 4 is 52.4 Å². The molecule has 0 aliphatic carbocycles. The number of rotatable bonds is 7. The number of likely N-dealkylation sites (tertiary alicyclic amines) is 1. The Morgan fingerprint density at radius 2 is 1.70 bits per heavy atom. The van der Waals surface area contributed by atoms with Gasteiger partial charge in [-0.3, -0.25) is 0 Å². The summed E-state index contributed by atoms with van der Waals surface area (Å²) in [4.78, 5) is 14.3. The van der Waals surface area contributed by atoms with E-state index in [-0.39, 0.29) is 12.1 Å². The van der Waals surface area contributed by atoms with Gasteiger partial charge in [-0.25, -0.2) is 4.79 Å². The van der Waals surface area contributed by atoms with Gasteiger partial charge in [0.05, 0.1) is 10.0 Å². The predicted octanol–water partition coefficient (Wildman–Crippen LogP) is 5.64. The zero-order chi connectivity index (χ0) is 21.5. The van der Waals surface area contributed by atoms with Gasteiger partial charge in [0.1, 0.15) is 11.9 Å². The van der Waals surface area contributed by atoms with Crippen LogP contribution in [0.2, 0.25) is 20.1 Å². The van der Waals surface area contributed by atoms with Crippen molar-refractivity contribution in [3.05, 3.63) is 62.1 Å². The molecule has 5 nitrogen and oxygen atoms in total. The van der Waals surface area contributed by atoms with E-state index in [2.05, 4.69) is 15.5 Å². The van der Waals surface area contributed by atoms with Crippen molar-refractivity contribution in [2.24, 2.45) is 0 Å². The highest BCUT2D eigenvalue weighted by Gasteiger charge is 2.20. The fraction of sp³-hybridized carbons (Fsp3) is 0.381. The predicted molar refractivity (Wildman–Crippen MR) is 123 cm³/mol. The molecule has 0 atom stereocenters. The molecule has 1 heterocycles. The zero-order valence-electron chi connectivity index (χ0n) is 16.3. The molecule has 2 aromatic carbocycles. The minimum atomic E-state index is -0.233. The van der Waals surface area contributed by atoms with Crippen molar-refractivity contribution in [1.82, 2.24) is 15.5 Å². The Kier molecular flexibility index (Phi) is 8.78. The summed E-state index contributed by atoms with van der Waals surface area (Å²) in [5, 5.41) is 7.84. The van der Waals surface area contributed by atoms with Crippen LogP contribution in [0.3, 0.4) is 0 Å². The van der Waals surface area contributed by atoms with E-state index in [1.807, 2.05) is 6.07 Å². The van der Waals surface area contributed by atoms with E-state index in [1.54, 1.807) is 30.3 Å². The molecule has 2 amide bonds. The summed E-state index contributed by atoms with van der Waals surface area (Å²) in [7, 11) is 0. The van der Waals surface area contributed by atoms with E-state index in [0.29, 0.717) is 33.2 Å². The first-order valence-electron chi connectivity index (χ1n) is 9.70. The first kappa shape index (κ1) is 23.3. The quantitative estimate of drug-likeness (QED) is 0.527. The van der Waals surface area contributed by atoms with Gasteiger partial charge in [0.15, 0.2) is 0 Å². The Morgan fingerprint density at radius 3 is 2.43 bits per heavy atom. The highest BCUT2D eigenvalue weighted by atomic mass is 35.5. The summed E-state index contributed by atoms with van der Waals surface area (Å²) >= 11 is 24.0. The van der Waals surface area contributed by atoms with Crippen LogP contribution in [-0.2, 0) is 6.54 Å². The number of amides is 2. The normalized spacial score (nSPS) is 15.1. The van der Waals surface area contributed by atoms with E-state index in [1.165, 1.54) is 0 Å². The number of benzene rings is 2. The summed E-state index contributed by atoms with van der Waals surface area (Å²) in [6, 6.07) is 10.3. The molecule has 2 aromatic rings. The van der Waals surface area contributed by atoms with Gasteiger partial charge < -0.3 is 20.3 Å². The minimum Gasteiger partial charge on any atom is -0.490 e. The summed E-state index contributed by atoms with van der Waals surface area (Å²) in [5.41, 5.74) is 0.781. The molecule has 2 N–H and O–H groups in total. The first-order chi connectivity index (χ1) is 14.4. The third-order valence-corrected chi connectivity index (χ3v) is 6.23. The largest absolute Gasteiger partial charge is 0.490 e. The molecule has 1 aliphatic rings. The molecular weight excluding hydrogens is 468 g/mol. The fourth-order valence-corrected chi connectivity index (χ4v) is 3.90. The van der Waals surface area contributed by atoms with E-state index < -0.39 is 0 Å². The number of halogens is 4. The highest BCUT2D eigenvalue weighted by Crippen LogP contribution is 2.28. The number of nitrogens with zero attached hydrogens (tertiary/aromatic N) is 1. The Hall–Kier alpha value is -1.37. The molecule has 0 unspecified atom stereocenters. The van der Waals surface area contributed by atoms with Gasteiger partial charge in [-0.2, -0.15) is 0 Å². The molecule has 3 rings (SSSR count). The maximum atomic E-state index is 12.0. The third kappa shape index (κ3) is 7.10. The Labute approximate surface area is 196 Å². The van der Waals surface area contributed by atoms with Gasteiger partial charge in [0, 0.05) is 48.8 Å². The SMILES string of the molecule is O=C(NCCN1CCC(Oc2ccc(Cl)c(Cl)c2)CC1)NCc1cc(Cl)ccc1Cl. The Morgan fingerprint density at radius 1 is 0.967 bits per heavy atom. The van der Waals surface area contributed by atoms with Crippen LogP contribution in [0.15, 0.2) is 36.4 Å². The van der Waals surface area contributed by atoms with Crippen molar-refractivity contribution < 1.29 is 9.53 Å². The average molecular weight is 491 g/mol. The molecule has 1 aliphatic heterocycles. The smallest absolute Gasteiger partial charge is 0.315 e. The Bertz CT molecular complexity index is 873. The average Bonchev–Trinajstić information content (AvgIpc) is 2.73. The fourth-order valence-electron chi connectivity index (χ4n) is 3.24. The molecule has 30 heavy (non-hydrogen) atoms. The summed E-state index contributed by atoms with van der Waals surface area (Å²) in [6.07, 6.45) is 1.98. The number of piperidine rings is 1. The molecule has 0 bridgehead atoms. The Balaban J connectivity index is 1.32. The maximum absolute atomic E-state index is 12.0. The maximum Gasteiger partial charge on any atom is 0.315 e. The van der Waals surface area contributed by atoms with Crippen LogP contribution in [0.1, 0.15) is 18.4 Å².